The summed E-state index contributed by atoms with van der Waals surface area (Å²) >= 11 is 0. The Morgan fingerprint density at radius 1 is 1.35 bits per heavy atom. The maximum Gasteiger partial charge on any atom is 0.309 e. The fourth-order valence-corrected chi connectivity index (χ4v) is 4.41. The van der Waals surface area contributed by atoms with Crippen LogP contribution in [0.4, 0.5) is 0 Å². The number of hydrogen-bond acceptors (Lipinski definition) is 2. The second kappa shape index (κ2) is 4.27. The van der Waals surface area contributed by atoms with Crippen molar-refractivity contribution >= 4 is 5.97 Å². The molecule has 1 N–H and O–H groups in total. The lowest BCUT2D eigenvalue weighted by Crippen LogP contribution is -2.37. The first-order valence-electron chi connectivity index (χ1n) is 7.06. The molecular weight excluding hydrogens is 216 g/mol. The highest BCUT2D eigenvalue weighted by molar-refractivity contribution is 5.75. The summed E-state index contributed by atoms with van der Waals surface area (Å²) in [4.78, 5) is 11.7. The van der Waals surface area contributed by atoms with Gasteiger partial charge in [0.05, 0.1) is 11.5 Å². The van der Waals surface area contributed by atoms with Gasteiger partial charge in [-0.3, -0.25) is 4.79 Å². The summed E-state index contributed by atoms with van der Waals surface area (Å²) in [6.45, 7) is 0.872. The molecule has 1 saturated heterocycles. The van der Waals surface area contributed by atoms with Crippen LogP contribution in [0.5, 0.6) is 0 Å². The molecule has 3 fully saturated rings. The van der Waals surface area contributed by atoms with Crippen LogP contribution in [0.2, 0.25) is 0 Å². The minimum absolute atomic E-state index is 0.338. The summed E-state index contributed by atoms with van der Waals surface area (Å²) in [6, 6.07) is 0. The fourth-order valence-electron chi connectivity index (χ4n) is 4.41. The summed E-state index contributed by atoms with van der Waals surface area (Å²) in [5.41, 5.74) is -0.394. The predicted molar refractivity (Wildman–Crippen MR) is 63.7 cm³/mol. The monoisotopic (exact) mass is 238 g/mol. The van der Waals surface area contributed by atoms with Crippen molar-refractivity contribution in [1.29, 1.82) is 0 Å². The molecule has 17 heavy (non-hydrogen) atoms. The van der Waals surface area contributed by atoms with E-state index in [1.54, 1.807) is 0 Å². The molecule has 3 aliphatic rings. The Morgan fingerprint density at radius 3 is 2.76 bits per heavy atom. The average molecular weight is 238 g/mol. The summed E-state index contributed by atoms with van der Waals surface area (Å²) in [5, 5.41) is 9.62. The minimum atomic E-state index is -0.539. The number of carboxylic acids is 1. The van der Waals surface area contributed by atoms with Crippen LogP contribution in [0, 0.1) is 17.3 Å². The van der Waals surface area contributed by atoms with Gasteiger partial charge in [-0.1, -0.05) is 6.42 Å². The smallest absolute Gasteiger partial charge is 0.309 e. The maximum atomic E-state index is 11.7. The molecule has 4 unspecified atom stereocenters. The van der Waals surface area contributed by atoms with Crippen LogP contribution >= 0.6 is 0 Å². The predicted octanol–water partition coefficient (Wildman–Crippen LogP) is 2.84. The molecule has 2 bridgehead atoms. The Labute approximate surface area is 103 Å². The molecule has 1 aliphatic heterocycles. The molecule has 0 aromatic rings. The van der Waals surface area contributed by atoms with Crippen LogP contribution in [-0.4, -0.2) is 23.8 Å². The van der Waals surface area contributed by atoms with Crippen LogP contribution in [0.3, 0.4) is 0 Å². The summed E-state index contributed by atoms with van der Waals surface area (Å²) in [6.07, 6.45) is 8.91. The molecule has 3 rings (SSSR count). The van der Waals surface area contributed by atoms with E-state index < -0.39 is 11.4 Å². The van der Waals surface area contributed by atoms with Crippen molar-refractivity contribution in [3.8, 4) is 0 Å². The van der Waals surface area contributed by atoms with Gasteiger partial charge in [0.2, 0.25) is 0 Å². The Kier molecular flexibility index (Phi) is 2.89. The molecule has 0 amide bonds. The molecule has 96 valence electrons. The molecule has 3 nitrogen and oxygen atoms in total. The highest BCUT2D eigenvalue weighted by Gasteiger charge is 2.55. The van der Waals surface area contributed by atoms with Crippen LogP contribution in [-0.2, 0) is 9.53 Å². The first-order chi connectivity index (χ1) is 8.21. The standard InChI is InChI=1S/C14H22O3/c15-13(16)14(6-5-12-2-1-7-17-12)9-10-3-4-11(14)8-10/h10-12H,1-9H2,(H,15,16). The van der Waals surface area contributed by atoms with Gasteiger partial charge in [-0.2, -0.15) is 0 Å². The SMILES string of the molecule is O=C(O)C1(CCC2CCCO2)CC2CCC1C2. The van der Waals surface area contributed by atoms with E-state index >= 15 is 0 Å². The van der Waals surface area contributed by atoms with Crippen molar-refractivity contribution in [2.24, 2.45) is 17.3 Å². The number of hydrogen-bond donors (Lipinski definition) is 1. The Balaban J connectivity index is 1.66. The molecule has 0 radical (unpaired) electrons. The molecule has 3 heteroatoms. The Hall–Kier alpha value is -0.570. The molecular formula is C14H22O3. The lowest BCUT2D eigenvalue weighted by atomic mass is 9.70. The van der Waals surface area contributed by atoms with E-state index in [9.17, 15) is 9.90 Å². The molecule has 2 aliphatic carbocycles. The van der Waals surface area contributed by atoms with Gasteiger partial charge in [0.1, 0.15) is 0 Å². The second-order valence-corrected chi connectivity index (χ2v) is 6.22. The average Bonchev–Trinajstić information content (AvgIpc) is 3.02. The zero-order valence-electron chi connectivity index (χ0n) is 10.4. The van der Waals surface area contributed by atoms with Gasteiger partial charge in [0, 0.05) is 6.61 Å². The van der Waals surface area contributed by atoms with Crippen molar-refractivity contribution in [3.63, 3.8) is 0 Å². The first kappa shape index (κ1) is 11.5. The van der Waals surface area contributed by atoms with Gasteiger partial charge in [0.25, 0.3) is 0 Å². The number of ether oxygens (including phenoxy) is 1. The molecule has 0 spiro atoms. The lowest BCUT2D eigenvalue weighted by Gasteiger charge is -2.34. The van der Waals surface area contributed by atoms with Gasteiger partial charge in [0.15, 0.2) is 0 Å². The van der Waals surface area contributed by atoms with E-state index in [1.165, 1.54) is 6.42 Å². The van der Waals surface area contributed by atoms with E-state index in [-0.39, 0.29) is 0 Å². The van der Waals surface area contributed by atoms with Crippen molar-refractivity contribution in [2.75, 3.05) is 6.61 Å². The van der Waals surface area contributed by atoms with E-state index in [4.69, 9.17) is 4.74 Å². The van der Waals surface area contributed by atoms with Gasteiger partial charge in [-0.15, -0.1) is 0 Å². The van der Waals surface area contributed by atoms with Crippen LogP contribution < -0.4 is 0 Å². The third kappa shape index (κ3) is 1.88. The number of fused-ring (bicyclic) bond motifs is 2. The van der Waals surface area contributed by atoms with Crippen molar-refractivity contribution < 1.29 is 14.6 Å². The van der Waals surface area contributed by atoms with Crippen LogP contribution in [0.15, 0.2) is 0 Å². The highest BCUT2D eigenvalue weighted by atomic mass is 16.5. The normalized spacial score (nSPS) is 44.4. The summed E-state index contributed by atoms with van der Waals surface area (Å²) in [7, 11) is 0. The zero-order valence-corrected chi connectivity index (χ0v) is 10.4. The van der Waals surface area contributed by atoms with Crippen molar-refractivity contribution in [3.05, 3.63) is 0 Å². The van der Waals surface area contributed by atoms with Gasteiger partial charge in [-0.05, 0) is 56.8 Å². The van der Waals surface area contributed by atoms with Gasteiger partial charge in [-0.25, -0.2) is 0 Å². The van der Waals surface area contributed by atoms with Crippen LogP contribution in [0.1, 0.15) is 51.4 Å². The van der Waals surface area contributed by atoms with Crippen molar-refractivity contribution in [1.82, 2.24) is 0 Å². The van der Waals surface area contributed by atoms with Crippen LogP contribution in [0.25, 0.3) is 0 Å². The van der Waals surface area contributed by atoms with E-state index in [1.807, 2.05) is 0 Å². The Morgan fingerprint density at radius 2 is 2.24 bits per heavy atom. The van der Waals surface area contributed by atoms with E-state index in [0.29, 0.717) is 17.9 Å². The van der Waals surface area contributed by atoms with E-state index in [0.717, 1.165) is 51.6 Å². The molecule has 1 heterocycles. The lowest BCUT2D eigenvalue weighted by molar-refractivity contribution is -0.153. The van der Waals surface area contributed by atoms with Gasteiger partial charge < -0.3 is 9.84 Å². The molecule has 0 aromatic carbocycles. The third-order valence-corrected chi connectivity index (χ3v) is 5.34. The summed E-state index contributed by atoms with van der Waals surface area (Å²) < 4.78 is 5.62. The number of rotatable bonds is 4. The first-order valence-corrected chi connectivity index (χ1v) is 7.06. The second-order valence-electron chi connectivity index (χ2n) is 6.22. The maximum absolute atomic E-state index is 11.7. The van der Waals surface area contributed by atoms with Crippen molar-refractivity contribution in [2.45, 2.75) is 57.5 Å². The fraction of sp³-hybridized carbons (Fsp3) is 0.929. The highest BCUT2D eigenvalue weighted by Crippen LogP contribution is 2.58. The molecule has 2 saturated carbocycles. The quantitative estimate of drug-likeness (QED) is 0.819. The number of carbonyl (C=O) groups is 1. The van der Waals surface area contributed by atoms with Gasteiger partial charge >= 0.3 is 5.97 Å². The number of carboxylic acid groups (broad SMARTS) is 1. The molecule has 0 aromatic heterocycles. The number of aliphatic carboxylic acids is 1. The topological polar surface area (TPSA) is 46.5 Å². The summed E-state index contributed by atoms with van der Waals surface area (Å²) in [5.74, 6) is 0.606. The third-order valence-electron chi connectivity index (χ3n) is 5.34. The molecule has 4 atom stereocenters. The zero-order chi connectivity index (χ0) is 11.9. The minimum Gasteiger partial charge on any atom is -0.481 e. The van der Waals surface area contributed by atoms with E-state index in [2.05, 4.69) is 0 Å². The largest absolute Gasteiger partial charge is 0.481 e. The Bertz CT molecular complexity index is 309.